The zero-order chi connectivity index (χ0) is 13.7. The molecule has 4 nitrogen and oxygen atoms in total. The maximum Gasteiger partial charge on any atom is 0.228 e. The van der Waals surface area contributed by atoms with E-state index in [4.69, 9.17) is 10.5 Å². The van der Waals surface area contributed by atoms with Gasteiger partial charge >= 0.3 is 0 Å². The Bertz CT molecular complexity index is 426. The molecule has 0 saturated carbocycles. The van der Waals surface area contributed by atoms with Crippen LogP contribution in [0.4, 0.5) is 5.69 Å². The van der Waals surface area contributed by atoms with E-state index in [2.05, 4.69) is 5.32 Å². The lowest BCUT2D eigenvalue weighted by Gasteiger charge is -2.16. The van der Waals surface area contributed by atoms with Crippen LogP contribution in [0.1, 0.15) is 24.5 Å². The highest BCUT2D eigenvalue weighted by Gasteiger charge is 2.16. The number of carbonyl (C=O) groups excluding carboxylic acids is 1. The fourth-order valence-electron chi connectivity index (χ4n) is 1.84. The number of carbonyl (C=O) groups is 1. The summed E-state index contributed by atoms with van der Waals surface area (Å²) in [6.45, 7) is 6.23. The molecular weight excluding hydrogens is 228 g/mol. The maximum atomic E-state index is 12.0. The molecule has 0 bridgehead atoms. The Labute approximate surface area is 109 Å². The Balaban J connectivity index is 2.91. The topological polar surface area (TPSA) is 64.4 Å². The third-order valence-electron chi connectivity index (χ3n) is 3.15. The number of hydrogen-bond acceptors (Lipinski definition) is 3. The summed E-state index contributed by atoms with van der Waals surface area (Å²) in [5.74, 6) is 0.677. The van der Waals surface area contributed by atoms with E-state index in [-0.39, 0.29) is 11.8 Å². The number of methoxy groups -OCH3 is 1. The van der Waals surface area contributed by atoms with Gasteiger partial charge in [0.2, 0.25) is 5.91 Å². The quantitative estimate of drug-likeness (QED) is 0.842. The molecule has 0 aliphatic carbocycles. The van der Waals surface area contributed by atoms with Gasteiger partial charge in [-0.3, -0.25) is 4.79 Å². The monoisotopic (exact) mass is 250 g/mol. The number of anilines is 1. The number of rotatable bonds is 5. The molecule has 1 atom stereocenters. The van der Waals surface area contributed by atoms with E-state index in [0.717, 1.165) is 29.0 Å². The lowest BCUT2D eigenvalue weighted by atomic mass is 10.0. The average molecular weight is 250 g/mol. The number of nitrogens with one attached hydrogen (secondary N) is 1. The van der Waals surface area contributed by atoms with E-state index in [1.807, 2.05) is 32.9 Å². The van der Waals surface area contributed by atoms with Crippen LogP contribution in [0, 0.1) is 19.8 Å². The fraction of sp³-hybridized carbons (Fsp3) is 0.500. The zero-order valence-electron chi connectivity index (χ0n) is 11.5. The van der Waals surface area contributed by atoms with Crippen molar-refractivity contribution in [2.24, 2.45) is 11.7 Å². The first-order chi connectivity index (χ1) is 8.53. The number of benzene rings is 1. The second-order valence-electron chi connectivity index (χ2n) is 4.47. The Morgan fingerprint density at radius 3 is 2.56 bits per heavy atom. The summed E-state index contributed by atoms with van der Waals surface area (Å²) in [6.07, 6.45) is 0.747. The van der Waals surface area contributed by atoms with E-state index >= 15 is 0 Å². The van der Waals surface area contributed by atoms with Crippen LogP contribution in [-0.2, 0) is 4.79 Å². The van der Waals surface area contributed by atoms with Gasteiger partial charge in [-0.25, -0.2) is 0 Å². The van der Waals surface area contributed by atoms with Crippen LogP contribution in [-0.4, -0.2) is 19.6 Å². The van der Waals surface area contributed by atoms with Gasteiger partial charge in [-0.15, -0.1) is 0 Å². The van der Waals surface area contributed by atoms with Crippen LogP contribution in [0.15, 0.2) is 12.1 Å². The van der Waals surface area contributed by atoms with Crippen LogP contribution in [0.5, 0.6) is 5.75 Å². The molecule has 0 heterocycles. The van der Waals surface area contributed by atoms with E-state index in [1.54, 1.807) is 7.11 Å². The molecule has 1 rings (SSSR count). The molecule has 1 aromatic carbocycles. The minimum absolute atomic E-state index is 0.0207. The van der Waals surface area contributed by atoms with Gasteiger partial charge in [0, 0.05) is 12.2 Å². The summed E-state index contributed by atoms with van der Waals surface area (Å²) >= 11 is 0. The molecule has 0 radical (unpaired) electrons. The molecule has 0 aliphatic rings. The molecule has 0 aliphatic heterocycles. The molecule has 3 N–H and O–H groups in total. The van der Waals surface area contributed by atoms with Gasteiger partial charge in [0.15, 0.2) is 0 Å². The van der Waals surface area contributed by atoms with Crippen molar-refractivity contribution >= 4 is 11.6 Å². The van der Waals surface area contributed by atoms with Crippen LogP contribution in [0.2, 0.25) is 0 Å². The predicted octanol–water partition coefficient (Wildman–Crippen LogP) is 2.24. The van der Waals surface area contributed by atoms with Crippen molar-refractivity contribution in [2.45, 2.75) is 27.2 Å². The predicted molar refractivity (Wildman–Crippen MR) is 73.9 cm³/mol. The third-order valence-corrected chi connectivity index (χ3v) is 3.15. The van der Waals surface area contributed by atoms with Crippen molar-refractivity contribution in [3.63, 3.8) is 0 Å². The van der Waals surface area contributed by atoms with E-state index in [1.165, 1.54) is 0 Å². The Morgan fingerprint density at radius 1 is 1.39 bits per heavy atom. The van der Waals surface area contributed by atoms with E-state index < -0.39 is 0 Å². The summed E-state index contributed by atoms with van der Waals surface area (Å²) in [5, 5.41) is 2.93. The highest BCUT2D eigenvalue weighted by Crippen LogP contribution is 2.26. The van der Waals surface area contributed by atoms with Gasteiger partial charge < -0.3 is 15.8 Å². The summed E-state index contributed by atoms with van der Waals surface area (Å²) in [7, 11) is 1.64. The Kier molecular flexibility index (Phi) is 5.16. The van der Waals surface area contributed by atoms with Gasteiger partial charge in [-0.2, -0.15) is 0 Å². The largest absolute Gasteiger partial charge is 0.496 e. The molecule has 1 amide bonds. The molecule has 0 saturated heterocycles. The normalized spacial score (nSPS) is 12.1. The smallest absolute Gasteiger partial charge is 0.228 e. The van der Waals surface area contributed by atoms with Crippen molar-refractivity contribution in [3.05, 3.63) is 23.3 Å². The zero-order valence-corrected chi connectivity index (χ0v) is 11.5. The van der Waals surface area contributed by atoms with Gasteiger partial charge in [-0.05, 0) is 43.5 Å². The van der Waals surface area contributed by atoms with Crippen molar-refractivity contribution < 1.29 is 9.53 Å². The summed E-state index contributed by atoms with van der Waals surface area (Å²) in [5.41, 5.74) is 8.38. The summed E-state index contributed by atoms with van der Waals surface area (Å²) in [6, 6.07) is 3.85. The molecule has 1 aromatic rings. The number of nitrogens with two attached hydrogens (primary N) is 1. The first-order valence-electron chi connectivity index (χ1n) is 6.19. The summed E-state index contributed by atoms with van der Waals surface area (Å²) in [4.78, 5) is 12.0. The molecule has 1 unspecified atom stereocenters. The number of amides is 1. The third kappa shape index (κ3) is 3.23. The van der Waals surface area contributed by atoms with E-state index in [0.29, 0.717) is 6.54 Å². The van der Waals surface area contributed by atoms with Crippen LogP contribution in [0.25, 0.3) is 0 Å². The first-order valence-corrected chi connectivity index (χ1v) is 6.19. The van der Waals surface area contributed by atoms with Crippen molar-refractivity contribution in [1.29, 1.82) is 0 Å². The highest BCUT2D eigenvalue weighted by molar-refractivity contribution is 5.93. The van der Waals surface area contributed by atoms with Crippen LogP contribution >= 0.6 is 0 Å². The van der Waals surface area contributed by atoms with Crippen LogP contribution < -0.4 is 15.8 Å². The van der Waals surface area contributed by atoms with Gasteiger partial charge in [0.1, 0.15) is 5.75 Å². The van der Waals surface area contributed by atoms with Crippen molar-refractivity contribution in [3.8, 4) is 5.75 Å². The molecule has 100 valence electrons. The van der Waals surface area contributed by atoms with Gasteiger partial charge in [0.25, 0.3) is 0 Å². The summed E-state index contributed by atoms with van der Waals surface area (Å²) < 4.78 is 5.24. The van der Waals surface area contributed by atoms with Crippen molar-refractivity contribution in [1.82, 2.24) is 0 Å². The number of ether oxygens (including phenoxy) is 1. The molecular formula is C14H22N2O2. The molecule has 4 heteroatoms. The highest BCUT2D eigenvalue weighted by atomic mass is 16.5. The van der Waals surface area contributed by atoms with Crippen molar-refractivity contribution in [2.75, 3.05) is 19.0 Å². The van der Waals surface area contributed by atoms with E-state index in [9.17, 15) is 4.79 Å². The minimum atomic E-state index is -0.133. The lowest BCUT2D eigenvalue weighted by molar-refractivity contribution is -0.119. The Morgan fingerprint density at radius 2 is 2.06 bits per heavy atom. The molecule has 0 aromatic heterocycles. The molecule has 0 fully saturated rings. The second kappa shape index (κ2) is 6.40. The maximum absolute atomic E-state index is 12.0. The fourth-order valence-corrected chi connectivity index (χ4v) is 1.84. The number of aryl methyl sites for hydroxylation is 2. The lowest BCUT2D eigenvalue weighted by Crippen LogP contribution is -2.28. The molecule has 18 heavy (non-hydrogen) atoms. The first kappa shape index (κ1) is 14.5. The Hall–Kier alpha value is -1.55. The number of hydrogen-bond donors (Lipinski definition) is 2. The van der Waals surface area contributed by atoms with Crippen LogP contribution in [0.3, 0.4) is 0 Å². The average Bonchev–Trinajstić information content (AvgIpc) is 2.34. The molecule has 0 spiro atoms. The SMILES string of the molecule is CCC(CN)C(=O)Nc1cc(C)c(OC)cc1C. The minimum Gasteiger partial charge on any atom is -0.496 e. The standard InChI is InChI=1S/C14H22N2O2/c1-5-11(8-15)14(17)16-12-6-10(3)13(18-4)7-9(12)2/h6-7,11H,5,8,15H2,1-4H3,(H,16,17). The van der Waals surface area contributed by atoms with Gasteiger partial charge in [0.05, 0.1) is 13.0 Å². The second-order valence-corrected chi connectivity index (χ2v) is 4.47. The van der Waals surface area contributed by atoms with Gasteiger partial charge in [-0.1, -0.05) is 6.92 Å².